The molecule has 1 unspecified atom stereocenters. The van der Waals surface area contributed by atoms with Crippen LogP contribution >= 0.6 is 0 Å². The molecule has 0 aromatic carbocycles. The van der Waals surface area contributed by atoms with Crippen molar-refractivity contribution in [1.82, 2.24) is 0 Å². The van der Waals surface area contributed by atoms with Crippen molar-refractivity contribution in [1.29, 1.82) is 0 Å². The van der Waals surface area contributed by atoms with Crippen LogP contribution < -0.4 is 0 Å². The van der Waals surface area contributed by atoms with E-state index in [0.717, 1.165) is 32.1 Å². The maximum Gasteiger partial charge on any atom is 0.155 e. The van der Waals surface area contributed by atoms with E-state index < -0.39 is 0 Å². The third kappa shape index (κ3) is 4.10. The smallest absolute Gasteiger partial charge is 0.155 e. The van der Waals surface area contributed by atoms with Crippen LogP contribution in [0, 0.1) is 5.41 Å². The van der Waals surface area contributed by atoms with E-state index in [9.17, 15) is 9.59 Å². The molecule has 0 aromatic heterocycles. The second kappa shape index (κ2) is 6.13. The van der Waals surface area contributed by atoms with E-state index in [1.165, 1.54) is 5.57 Å². The zero-order valence-electron chi connectivity index (χ0n) is 11.3. The summed E-state index contributed by atoms with van der Waals surface area (Å²) in [7, 11) is 0. The third-order valence-electron chi connectivity index (χ3n) is 3.86. The van der Waals surface area contributed by atoms with Crippen LogP contribution in [0.3, 0.4) is 0 Å². The fourth-order valence-electron chi connectivity index (χ4n) is 2.48. The van der Waals surface area contributed by atoms with Crippen LogP contribution in [0.5, 0.6) is 0 Å². The molecule has 1 atom stereocenters. The van der Waals surface area contributed by atoms with Crippen molar-refractivity contribution >= 4 is 11.6 Å². The van der Waals surface area contributed by atoms with Crippen LogP contribution in [-0.4, -0.2) is 11.6 Å². The summed E-state index contributed by atoms with van der Waals surface area (Å²) in [5.41, 5.74) is 1.35. The van der Waals surface area contributed by atoms with Crippen molar-refractivity contribution in [3.8, 4) is 0 Å². The number of hydrogen-bond donors (Lipinski definition) is 0. The number of rotatable bonds is 6. The average molecular weight is 236 g/mol. The highest BCUT2D eigenvalue weighted by molar-refractivity contribution is 5.91. The Kier molecular flexibility index (Phi) is 5.10. The van der Waals surface area contributed by atoms with Gasteiger partial charge in [0, 0.05) is 12.8 Å². The molecule has 0 N–H and O–H groups in total. The second-order valence-corrected chi connectivity index (χ2v) is 5.50. The summed E-state index contributed by atoms with van der Waals surface area (Å²) in [6.07, 6.45) is 8.22. The van der Waals surface area contributed by atoms with Crippen LogP contribution in [0.15, 0.2) is 11.6 Å². The summed E-state index contributed by atoms with van der Waals surface area (Å²) in [4.78, 5) is 22.6. The van der Waals surface area contributed by atoms with Crippen LogP contribution in [0.1, 0.15) is 65.7 Å². The minimum Gasteiger partial charge on any atom is -0.300 e. The van der Waals surface area contributed by atoms with E-state index in [1.54, 1.807) is 6.92 Å². The second-order valence-electron chi connectivity index (χ2n) is 5.50. The molecule has 0 bridgehead atoms. The zero-order chi connectivity index (χ0) is 12.9. The summed E-state index contributed by atoms with van der Waals surface area (Å²) in [6.45, 7) is 6.02. The number of carbonyl (C=O) groups is 2. The molecule has 0 saturated carbocycles. The minimum absolute atomic E-state index is 0.0781. The van der Waals surface area contributed by atoms with E-state index in [-0.39, 0.29) is 17.0 Å². The Balaban J connectivity index is 2.75. The van der Waals surface area contributed by atoms with Gasteiger partial charge in [0.1, 0.15) is 5.78 Å². The van der Waals surface area contributed by atoms with E-state index in [2.05, 4.69) is 13.8 Å². The van der Waals surface area contributed by atoms with E-state index in [0.29, 0.717) is 12.8 Å². The van der Waals surface area contributed by atoms with Crippen molar-refractivity contribution in [2.75, 3.05) is 0 Å². The molecular weight excluding hydrogens is 212 g/mol. The first-order valence-corrected chi connectivity index (χ1v) is 6.71. The largest absolute Gasteiger partial charge is 0.300 e. The molecule has 2 nitrogen and oxygen atoms in total. The third-order valence-corrected chi connectivity index (χ3v) is 3.86. The van der Waals surface area contributed by atoms with Gasteiger partial charge in [0.25, 0.3) is 0 Å². The summed E-state index contributed by atoms with van der Waals surface area (Å²) < 4.78 is 0. The fraction of sp³-hybridized carbons (Fsp3) is 0.733. The Morgan fingerprint density at radius 3 is 2.76 bits per heavy atom. The van der Waals surface area contributed by atoms with Gasteiger partial charge in [0.05, 0.1) is 0 Å². The Morgan fingerprint density at radius 1 is 1.47 bits per heavy atom. The number of allylic oxidation sites excluding steroid dienone is 2. The van der Waals surface area contributed by atoms with Crippen LogP contribution in [0.25, 0.3) is 0 Å². The van der Waals surface area contributed by atoms with E-state index in [1.807, 2.05) is 6.08 Å². The number of hydrogen-bond acceptors (Lipinski definition) is 2. The first-order valence-electron chi connectivity index (χ1n) is 6.71. The summed E-state index contributed by atoms with van der Waals surface area (Å²) in [6, 6.07) is 0. The topological polar surface area (TPSA) is 34.1 Å². The highest BCUT2D eigenvalue weighted by atomic mass is 16.1. The predicted octanol–water partition coefficient (Wildman–Crippen LogP) is 3.84. The maximum absolute atomic E-state index is 11.5. The first-order chi connectivity index (χ1) is 7.98. The Morgan fingerprint density at radius 2 is 2.18 bits per heavy atom. The van der Waals surface area contributed by atoms with Crippen molar-refractivity contribution in [3.63, 3.8) is 0 Å². The molecular formula is C15H24O2. The molecule has 17 heavy (non-hydrogen) atoms. The van der Waals surface area contributed by atoms with Gasteiger partial charge in [0.2, 0.25) is 0 Å². The van der Waals surface area contributed by atoms with Gasteiger partial charge >= 0.3 is 0 Å². The fourth-order valence-corrected chi connectivity index (χ4v) is 2.48. The SMILES string of the molecule is CCCCC1=CC(=O)CCC1(C)CCC(C)=O. The maximum atomic E-state index is 11.5. The highest BCUT2D eigenvalue weighted by Gasteiger charge is 2.32. The molecule has 96 valence electrons. The zero-order valence-corrected chi connectivity index (χ0v) is 11.3. The molecule has 0 aliphatic heterocycles. The molecule has 0 fully saturated rings. The average Bonchev–Trinajstić information content (AvgIpc) is 2.28. The monoisotopic (exact) mass is 236 g/mol. The quantitative estimate of drug-likeness (QED) is 0.702. The lowest BCUT2D eigenvalue weighted by atomic mass is 9.69. The number of Topliss-reactive ketones (excluding diaryl/α,β-unsaturated/α-hetero) is 1. The molecule has 0 radical (unpaired) electrons. The molecule has 0 amide bonds. The van der Waals surface area contributed by atoms with Crippen LogP contribution in [-0.2, 0) is 9.59 Å². The molecule has 0 aromatic rings. The summed E-state index contributed by atoms with van der Waals surface area (Å²) in [5, 5.41) is 0. The van der Waals surface area contributed by atoms with Crippen LogP contribution in [0.2, 0.25) is 0 Å². The summed E-state index contributed by atoms with van der Waals surface area (Å²) in [5.74, 6) is 0.509. The number of carbonyl (C=O) groups excluding carboxylic acids is 2. The number of unbranched alkanes of at least 4 members (excludes halogenated alkanes) is 1. The lowest BCUT2D eigenvalue weighted by molar-refractivity contribution is -0.117. The lowest BCUT2D eigenvalue weighted by Gasteiger charge is -2.35. The van der Waals surface area contributed by atoms with Gasteiger partial charge in [0.15, 0.2) is 5.78 Å². The van der Waals surface area contributed by atoms with Crippen molar-refractivity contribution in [3.05, 3.63) is 11.6 Å². The molecule has 1 aliphatic carbocycles. The molecule has 0 saturated heterocycles. The highest BCUT2D eigenvalue weighted by Crippen LogP contribution is 2.42. The van der Waals surface area contributed by atoms with Crippen molar-refractivity contribution < 1.29 is 9.59 Å². The van der Waals surface area contributed by atoms with Gasteiger partial charge in [-0.3, -0.25) is 4.79 Å². The molecule has 2 heteroatoms. The number of ketones is 2. The molecule has 0 heterocycles. The van der Waals surface area contributed by atoms with Gasteiger partial charge in [-0.2, -0.15) is 0 Å². The Labute approximate surface area is 104 Å². The molecule has 1 aliphatic rings. The molecule has 0 spiro atoms. The molecule has 1 rings (SSSR count). The van der Waals surface area contributed by atoms with E-state index in [4.69, 9.17) is 0 Å². The Hall–Kier alpha value is -0.920. The van der Waals surface area contributed by atoms with Crippen molar-refractivity contribution in [2.45, 2.75) is 65.7 Å². The van der Waals surface area contributed by atoms with Crippen molar-refractivity contribution in [2.24, 2.45) is 5.41 Å². The van der Waals surface area contributed by atoms with Gasteiger partial charge in [-0.15, -0.1) is 0 Å². The predicted molar refractivity (Wildman–Crippen MR) is 69.9 cm³/mol. The van der Waals surface area contributed by atoms with Gasteiger partial charge < -0.3 is 4.79 Å². The lowest BCUT2D eigenvalue weighted by Crippen LogP contribution is -2.26. The van der Waals surface area contributed by atoms with Gasteiger partial charge in [-0.25, -0.2) is 0 Å². The van der Waals surface area contributed by atoms with Crippen LogP contribution in [0.4, 0.5) is 0 Å². The van der Waals surface area contributed by atoms with Gasteiger partial charge in [-0.1, -0.05) is 25.8 Å². The first kappa shape index (κ1) is 14.1. The van der Waals surface area contributed by atoms with Gasteiger partial charge in [-0.05, 0) is 44.1 Å². The summed E-state index contributed by atoms with van der Waals surface area (Å²) >= 11 is 0. The normalized spacial score (nSPS) is 24.6. The minimum atomic E-state index is 0.0781. The Bertz CT molecular complexity index is 328. The van der Waals surface area contributed by atoms with E-state index >= 15 is 0 Å². The standard InChI is InChI=1S/C15H24O2/c1-4-5-6-13-11-14(17)8-10-15(13,3)9-7-12(2)16/h11H,4-10H2,1-3H3.